The molecule has 28 heavy (non-hydrogen) atoms. The van der Waals surface area contributed by atoms with Gasteiger partial charge in [-0.15, -0.1) is 12.8 Å². The number of cyclic esters (lactones) is 1. The van der Waals surface area contributed by atoms with Gasteiger partial charge in [-0.05, 0) is 36.4 Å². The molecule has 0 saturated carbocycles. The number of nitrogens with zero attached hydrogens (tertiary/aromatic N) is 3. The minimum Gasteiger partial charge on any atom is -0.448 e. The summed E-state index contributed by atoms with van der Waals surface area (Å²) in [6, 6.07) is 17.4. The summed E-state index contributed by atoms with van der Waals surface area (Å²) >= 11 is 0. The molecule has 1 aliphatic heterocycles. The number of carbonyl (C=O) groups is 1. The maximum absolute atomic E-state index is 9.91. The van der Waals surface area contributed by atoms with Gasteiger partial charge < -0.3 is 10.1 Å². The van der Waals surface area contributed by atoms with Crippen molar-refractivity contribution in [3.63, 3.8) is 0 Å². The van der Waals surface area contributed by atoms with Crippen molar-refractivity contribution in [1.82, 2.24) is 20.5 Å². The Hall–Kier alpha value is -4.16. The Labute approximate surface area is 165 Å². The number of rotatable bonds is 0. The first kappa shape index (κ1) is 21.9. The topological polar surface area (TPSA) is 77.0 Å². The number of carbonyl (C=O) groups excluding carboxylic acids is 1. The number of alkyl carbamates (subject to hydrolysis) is 1. The summed E-state index contributed by atoms with van der Waals surface area (Å²) < 4.78 is 4.40. The molecule has 1 aliphatic rings. The van der Waals surface area contributed by atoms with E-state index in [1.54, 1.807) is 24.8 Å². The van der Waals surface area contributed by atoms with Crippen LogP contribution in [-0.2, 0) is 4.74 Å². The minimum absolute atomic E-state index is 0.296. The van der Waals surface area contributed by atoms with E-state index in [4.69, 9.17) is 0 Å². The summed E-state index contributed by atoms with van der Waals surface area (Å²) in [5.74, 6) is 6.12. The zero-order valence-electron chi connectivity index (χ0n) is 15.2. The molecule has 4 rings (SSSR count). The van der Waals surface area contributed by atoms with Gasteiger partial charge in [0.2, 0.25) is 0 Å². The lowest BCUT2D eigenvalue weighted by Gasteiger charge is -1.87. The average Bonchev–Trinajstić information content (AvgIpc) is 3.28. The summed E-state index contributed by atoms with van der Waals surface area (Å²) in [4.78, 5) is 13.9. The molecule has 3 heterocycles. The zero-order valence-corrected chi connectivity index (χ0v) is 15.2. The first-order chi connectivity index (χ1) is 13.8. The Balaban J connectivity index is 0.000000232. The van der Waals surface area contributed by atoms with Crippen LogP contribution in [-0.4, -0.2) is 34.4 Å². The molecule has 0 radical (unpaired) electrons. The lowest BCUT2D eigenvalue weighted by atomic mass is 10.2. The van der Waals surface area contributed by atoms with Crippen LogP contribution in [0.15, 0.2) is 79.4 Å². The van der Waals surface area contributed by atoms with Crippen molar-refractivity contribution in [3.8, 4) is 24.7 Å². The number of aromatic nitrogens is 3. The molecule has 6 nitrogen and oxygen atoms in total. The van der Waals surface area contributed by atoms with E-state index in [1.807, 2.05) is 54.6 Å². The summed E-state index contributed by atoms with van der Waals surface area (Å²) in [6.07, 6.45) is 14.5. The molecule has 0 unspecified atom stereocenters. The highest BCUT2D eigenvalue weighted by atomic mass is 16.6. The van der Waals surface area contributed by atoms with Gasteiger partial charge in [0.15, 0.2) is 0 Å². The third-order valence-corrected chi connectivity index (χ3v) is 2.87. The van der Waals surface area contributed by atoms with Crippen molar-refractivity contribution in [2.75, 3.05) is 13.2 Å². The second kappa shape index (κ2) is 15.1. The van der Waals surface area contributed by atoms with Crippen molar-refractivity contribution in [3.05, 3.63) is 90.5 Å². The molecule has 0 spiro atoms. The van der Waals surface area contributed by atoms with Crippen molar-refractivity contribution in [1.29, 1.82) is 0 Å². The van der Waals surface area contributed by atoms with Gasteiger partial charge in [0.05, 0.1) is 6.54 Å². The van der Waals surface area contributed by atoms with Gasteiger partial charge in [0.25, 0.3) is 0 Å². The predicted octanol–water partition coefficient (Wildman–Crippen LogP) is 2.93. The smallest absolute Gasteiger partial charge is 0.407 e. The molecule has 1 aromatic carbocycles. The fourth-order valence-corrected chi connectivity index (χ4v) is 1.70. The van der Waals surface area contributed by atoms with E-state index in [2.05, 4.69) is 49.9 Å². The van der Waals surface area contributed by atoms with Crippen LogP contribution in [0.5, 0.6) is 0 Å². The van der Waals surface area contributed by atoms with Gasteiger partial charge in [0, 0.05) is 35.9 Å². The van der Waals surface area contributed by atoms with Gasteiger partial charge in [-0.1, -0.05) is 30.0 Å². The fraction of sp³-hybridized carbons (Fsp3) is 0.0909. The van der Waals surface area contributed by atoms with Crippen LogP contribution in [0.4, 0.5) is 4.79 Å². The van der Waals surface area contributed by atoms with Gasteiger partial charge >= 0.3 is 6.09 Å². The van der Waals surface area contributed by atoms with Crippen LogP contribution in [0.1, 0.15) is 11.1 Å². The quantitative estimate of drug-likeness (QED) is 0.614. The molecule has 1 amide bonds. The number of hydrogen-bond acceptors (Lipinski definition) is 5. The number of hydrogen-bond donors (Lipinski definition) is 1. The number of amides is 1. The number of nitrogens with one attached hydrogen (secondary N) is 1. The summed E-state index contributed by atoms with van der Waals surface area (Å²) in [5.41, 5.74) is 1.97. The second-order valence-corrected chi connectivity index (χ2v) is 4.83. The Morgan fingerprint density at radius 2 is 1.50 bits per heavy atom. The Morgan fingerprint density at radius 3 is 1.93 bits per heavy atom. The minimum atomic E-state index is -0.296. The molecule has 1 saturated heterocycles. The van der Waals surface area contributed by atoms with E-state index in [0.29, 0.717) is 13.2 Å². The highest BCUT2D eigenvalue weighted by Crippen LogP contribution is 1.97. The monoisotopic (exact) mass is 372 g/mol. The molecule has 1 N–H and O–H groups in total. The average molecular weight is 372 g/mol. The summed E-state index contributed by atoms with van der Waals surface area (Å²) in [7, 11) is 0. The first-order valence-corrected chi connectivity index (χ1v) is 8.27. The number of terminal acetylenes is 1. The molecule has 0 atom stereocenters. The van der Waals surface area contributed by atoms with Gasteiger partial charge in [-0.25, -0.2) is 4.79 Å². The van der Waals surface area contributed by atoms with E-state index >= 15 is 0 Å². The molecule has 0 bridgehead atoms. The van der Waals surface area contributed by atoms with Crippen molar-refractivity contribution < 1.29 is 9.53 Å². The van der Waals surface area contributed by atoms with Crippen LogP contribution in [0, 0.1) is 24.7 Å². The van der Waals surface area contributed by atoms with E-state index in [1.165, 1.54) is 0 Å². The molecule has 3 aromatic rings. The summed E-state index contributed by atoms with van der Waals surface area (Å²) in [6.45, 7) is 1.19. The largest absolute Gasteiger partial charge is 0.448 e. The Kier molecular flexibility index (Phi) is 11.8. The maximum atomic E-state index is 9.91. The first-order valence-electron chi connectivity index (χ1n) is 8.27. The van der Waals surface area contributed by atoms with Crippen molar-refractivity contribution >= 4 is 6.09 Å². The Bertz CT molecular complexity index is 780. The number of ether oxygens (including phenoxy) is 1. The third kappa shape index (κ3) is 10.7. The molecule has 140 valence electrons. The van der Waals surface area contributed by atoms with E-state index in [9.17, 15) is 4.79 Å². The fourth-order valence-electron chi connectivity index (χ4n) is 1.70. The van der Waals surface area contributed by atoms with E-state index in [0.717, 1.165) is 11.1 Å². The molecular weight excluding hydrogens is 352 g/mol. The highest BCUT2D eigenvalue weighted by Gasteiger charge is 2.06. The van der Waals surface area contributed by atoms with Crippen molar-refractivity contribution in [2.45, 2.75) is 0 Å². The molecule has 1 fully saturated rings. The SMILES string of the molecule is C#C.C(#Cc1cccnc1)c1ccccc1.O=C1NCCO1.c1ccnnc1. The molecule has 6 heteroatoms. The van der Waals surface area contributed by atoms with Gasteiger partial charge in [-0.2, -0.15) is 10.2 Å². The van der Waals surface area contributed by atoms with Gasteiger partial charge in [-0.3, -0.25) is 4.98 Å². The van der Waals surface area contributed by atoms with E-state index in [-0.39, 0.29) is 6.09 Å². The van der Waals surface area contributed by atoms with Crippen LogP contribution in [0.25, 0.3) is 0 Å². The number of benzene rings is 1. The standard InChI is InChI=1S/C13H9N.C4H4N2.C3H5NO2.C2H2/c1-2-5-12(6-3-1)8-9-13-7-4-10-14-11-13;1-2-4-6-5-3-1;5-3-4-1-2-6-3;1-2/h1-7,10-11H;1-4H;1-2H2,(H,4,5);1-2H. The van der Waals surface area contributed by atoms with Crippen LogP contribution in [0.2, 0.25) is 0 Å². The third-order valence-electron chi connectivity index (χ3n) is 2.87. The van der Waals surface area contributed by atoms with Gasteiger partial charge in [0.1, 0.15) is 6.61 Å². The molecule has 2 aromatic heterocycles. The zero-order chi connectivity index (χ0) is 20.3. The van der Waals surface area contributed by atoms with Crippen LogP contribution < -0.4 is 5.32 Å². The lowest BCUT2D eigenvalue weighted by molar-refractivity contribution is 0.178. The number of pyridine rings is 1. The summed E-state index contributed by atoms with van der Waals surface area (Å²) in [5, 5.41) is 9.53. The molecular formula is C22H20N4O2. The Morgan fingerprint density at radius 1 is 0.857 bits per heavy atom. The van der Waals surface area contributed by atoms with Crippen molar-refractivity contribution in [2.24, 2.45) is 0 Å². The highest BCUT2D eigenvalue weighted by molar-refractivity contribution is 5.68. The van der Waals surface area contributed by atoms with Crippen LogP contribution >= 0.6 is 0 Å². The maximum Gasteiger partial charge on any atom is 0.407 e. The lowest BCUT2D eigenvalue weighted by Crippen LogP contribution is -2.11. The van der Waals surface area contributed by atoms with Crippen LogP contribution in [0.3, 0.4) is 0 Å². The normalized spacial score (nSPS) is 10.4. The van der Waals surface area contributed by atoms with E-state index < -0.39 is 0 Å². The predicted molar refractivity (Wildman–Crippen MR) is 108 cm³/mol. The second-order valence-electron chi connectivity index (χ2n) is 4.83. The molecule has 0 aliphatic carbocycles.